The van der Waals surface area contributed by atoms with Crippen LogP contribution in [-0.2, 0) is 9.53 Å². The summed E-state index contributed by atoms with van der Waals surface area (Å²) in [6.45, 7) is 13.7. The Morgan fingerprint density at radius 1 is 1.08 bits per heavy atom. The predicted molar refractivity (Wildman–Crippen MR) is 94.1 cm³/mol. The molecule has 2 aliphatic rings. The standard InChI is InChI=1S/C18H31N3O3/c1-12(22)20-11-21(16(23)24-18(5,6)7)14-9-8-13(10-15(14)20)19-17(2,3)4/h14-15H,8-11H2,1-7H3/t14-,15+/m0/s1. The van der Waals surface area contributed by atoms with E-state index in [9.17, 15) is 9.59 Å². The van der Waals surface area contributed by atoms with Gasteiger partial charge in [-0.05, 0) is 54.4 Å². The van der Waals surface area contributed by atoms with E-state index >= 15 is 0 Å². The Kier molecular flexibility index (Phi) is 4.98. The number of rotatable bonds is 0. The van der Waals surface area contributed by atoms with Gasteiger partial charge in [0.05, 0.1) is 24.3 Å². The Hall–Kier alpha value is -1.59. The quantitative estimate of drug-likeness (QED) is 0.682. The average molecular weight is 337 g/mol. The largest absolute Gasteiger partial charge is 0.444 e. The van der Waals surface area contributed by atoms with Gasteiger partial charge >= 0.3 is 6.09 Å². The fourth-order valence-corrected chi connectivity index (χ4v) is 3.46. The molecule has 1 aliphatic heterocycles. The Bertz CT molecular complexity index is 543. The first-order valence-electron chi connectivity index (χ1n) is 8.72. The Morgan fingerprint density at radius 2 is 1.71 bits per heavy atom. The van der Waals surface area contributed by atoms with Crippen LogP contribution in [0.5, 0.6) is 0 Å². The van der Waals surface area contributed by atoms with Gasteiger partial charge in [-0.15, -0.1) is 0 Å². The second kappa shape index (κ2) is 6.37. The third-order valence-electron chi connectivity index (χ3n) is 4.25. The number of amides is 2. The molecule has 6 heteroatoms. The van der Waals surface area contributed by atoms with Crippen LogP contribution in [0.3, 0.4) is 0 Å². The maximum Gasteiger partial charge on any atom is 0.412 e. The van der Waals surface area contributed by atoms with E-state index < -0.39 is 5.60 Å². The molecule has 2 rings (SSSR count). The fourth-order valence-electron chi connectivity index (χ4n) is 3.46. The summed E-state index contributed by atoms with van der Waals surface area (Å²) in [5, 5.41) is 0. The molecule has 136 valence electrons. The van der Waals surface area contributed by atoms with Crippen LogP contribution in [0.4, 0.5) is 4.79 Å². The van der Waals surface area contributed by atoms with Crippen LogP contribution in [0, 0.1) is 0 Å². The number of aliphatic imine (C=N–C) groups is 1. The minimum atomic E-state index is -0.538. The number of ether oxygens (including phenoxy) is 1. The number of hydrogen-bond donors (Lipinski definition) is 0. The molecule has 0 N–H and O–H groups in total. The van der Waals surface area contributed by atoms with Crippen LogP contribution >= 0.6 is 0 Å². The minimum Gasteiger partial charge on any atom is -0.444 e. The van der Waals surface area contributed by atoms with Gasteiger partial charge in [-0.2, -0.15) is 0 Å². The lowest BCUT2D eigenvalue weighted by molar-refractivity contribution is -0.130. The van der Waals surface area contributed by atoms with Gasteiger partial charge in [0.25, 0.3) is 0 Å². The molecule has 0 unspecified atom stereocenters. The Morgan fingerprint density at radius 3 is 2.21 bits per heavy atom. The molecule has 6 nitrogen and oxygen atoms in total. The lowest BCUT2D eigenvalue weighted by Gasteiger charge is -2.34. The summed E-state index contributed by atoms with van der Waals surface area (Å²) < 4.78 is 5.52. The van der Waals surface area contributed by atoms with Crippen molar-refractivity contribution in [2.75, 3.05) is 6.67 Å². The topological polar surface area (TPSA) is 62.2 Å². The molecule has 1 heterocycles. The van der Waals surface area contributed by atoms with Crippen molar-refractivity contribution in [3.05, 3.63) is 0 Å². The molecule has 2 atom stereocenters. The van der Waals surface area contributed by atoms with E-state index in [4.69, 9.17) is 9.73 Å². The van der Waals surface area contributed by atoms with Crippen molar-refractivity contribution >= 4 is 17.7 Å². The Balaban J connectivity index is 2.20. The highest BCUT2D eigenvalue weighted by molar-refractivity contribution is 5.88. The van der Waals surface area contributed by atoms with E-state index in [1.165, 1.54) is 0 Å². The van der Waals surface area contributed by atoms with E-state index in [0.717, 1.165) is 25.0 Å². The minimum absolute atomic E-state index is 0.00451. The number of nitrogens with zero attached hydrogens (tertiary/aromatic N) is 3. The highest BCUT2D eigenvalue weighted by Crippen LogP contribution is 2.33. The molecule has 0 aromatic rings. The summed E-state index contributed by atoms with van der Waals surface area (Å²) in [6, 6.07) is 0.0209. The first-order chi connectivity index (χ1) is 10.9. The zero-order valence-electron chi connectivity index (χ0n) is 16.0. The molecule has 0 spiro atoms. The first kappa shape index (κ1) is 18.7. The van der Waals surface area contributed by atoms with E-state index in [1.54, 1.807) is 16.7 Å². The van der Waals surface area contributed by atoms with Crippen molar-refractivity contribution in [2.45, 2.75) is 91.0 Å². The van der Waals surface area contributed by atoms with Crippen LogP contribution in [0.15, 0.2) is 4.99 Å². The highest BCUT2D eigenvalue weighted by Gasteiger charge is 2.47. The van der Waals surface area contributed by atoms with Crippen LogP contribution in [0.2, 0.25) is 0 Å². The summed E-state index contributed by atoms with van der Waals surface area (Å²) in [6.07, 6.45) is 2.09. The summed E-state index contributed by atoms with van der Waals surface area (Å²) in [5.74, 6) is -0.00642. The van der Waals surface area contributed by atoms with Gasteiger partial charge in [0.2, 0.25) is 5.91 Å². The molecule has 24 heavy (non-hydrogen) atoms. The lowest BCUT2D eigenvalue weighted by Crippen LogP contribution is -2.46. The monoisotopic (exact) mass is 337 g/mol. The van der Waals surface area contributed by atoms with Gasteiger partial charge in [-0.25, -0.2) is 4.79 Å². The molecule has 1 saturated heterocycles. The van der Waals surface area contributed by atoms with Crippen molar-refractivity contribution < 1.29 is 14.3 Å². The van der Waals surface area contributed by atoms with Gasteiger partial charge in [-0.3, -0.25) is 14.7 Å². The summed E-state index contributed by atoms with van der Waals surface area (Å²) in [7, 11) is 0. The van der Waals surface area contributed by atoms with E-state index in [-0.39, 0.29) is 29.6 Å². The van der Waals surface area contributed by atoms with Crippen molar-refractivity contribution in [2.24, 2.45) is 4.99 Å². The summed E-state index contributed by atoms with van der Waals surface area (Å²) in [5.41, 5.74) is 0.484. The third-order valence-corrected chi connectivity index (χ3v) is 4.25. The molecule has 0 bridgehead atoms. The molecule has 2 amide bonds. The normalized spacial score (nSPS) is 26.5. The predicted octanol–water partition coefficient (Wildman–Crippen LogP) is 3.20. The number of carbonyl (C=O) groups excluding carboxylic acids is 2. The second-order valence-corrected chi connectivity index (χ2v) is 8.81. The van der Waals surface area contributed by atoms with Crippen LogP contribution in [0.25, 0.3) is 0 Å². The van der Waals surface area contributed by atoms with Crippen LogP contribution < -0.4 is 0 Å². The second-order valence-electron chi connectivity index (χ2n) is 8.81. The number of hydrogen-bond acceptors (Lipinski definition) is 4. The molecule has 0 aromatic carbocycles. The van der Waals surface area contributed by atoms with Crippen LogP contribution in [-0.4, -0.2) is 57.4 Å². The molecular weight excluding hydrogens is 306 g/mol. The molecule has 0 aromatic heterocycles. The number of carbonyl (C=O) groups is 2. The van der Waals surface area contributed by atoms with Gasteiger partial charge in [0.15, 0.2) is 0 Å². The maximum absolute atomic E-state index is 12.5. The van der Waals surface area contributed by atoms with E-state index in [2.05, 4.69) is 20.8 Å². The zero-order chi connectivity index (χ0) is 18.3. The molecule has 1 saturated carbocycles. The Labute approximate surface area is 145 Å². The van der Waals surface area contributed by atoms with Gasteiger partial charge in [0, 0.05) is 19.1 Å². The van der Waals surface area contributed by atoms with Gasteiger partial charge < -0.3 is 9.64 Å². The fraction of sp³-hybridized carbons (Fsp3) is 0.833. The van der Waals surface area contributed by atoms with Crippen molar-refractivity contribution in [3.63, 3.8) is 0 Å². The SMILES string of the molecule is CC(=O)N1CN(C(=O)OC(C)(C)C)[C@H]2CCC(=NC(C)(C)C)C[C@H]21. The maximum atomic E-state index is 12.5. The molecule has 2 fully saturated rings. The molecule has 0 radical (unpaired) electrons. The van der Waals surface area contributed by atoms with E-state index in [0.29, 0.717) is 6.67 Å². The van der Waals surface area contributed by atoms with Crippen molar-refractivity contribution in [3.8, 4) is 0 Å². The zero-order valence-corrected chi connectivity index (χ0v) is 16.0. The molecule has 1 aliphatic carbocycles. The number of fused-ring (bicyclic) bond motifs is 1. The highest BCUT2D eigenvalue weighted by atomic mass is 16.6. The first-order valence-corrected chi connectivity index (χ1v) is 8.72. The lowest BCUT2D eigenvalue weighted by atomic mass is 9.88. The average Bonchev–Trinajstić information content (AvgIpc) is 2.73. The van der Waals surface area contributed by atoms with Crippen molar-refractivity contribution in [1.29, 1.82) is 0 Å². The van der Waals surface area contributed by atoms with Gasteiger partial charge in [-0.1, -0.05) is 0 Å². The van der Waals surface area contributed by atoms with Gasteiger partial charge in [0.1, 0.15) is 5.60 Å². The third kappa shape index (κ3) is 4.48. The van der Waals surface area contributed by atoms with Crippen LogP contribution in [0.1, 0.15) is 67.7 Å². The molecular formula is C18H31N3O3. The summed E-state index contributed by atoms with van der Waals surface area (Å²) in [4.78, 5) is 32.9. The smallest absolute Gasteiger partial charge is 0.412 e. The van der Waals surface area contributed by atoms with Crippen molar-refractivity contribution in [1.82, 2.24) is 9.80 Å². The van der Waals surface area contributed by atoms with E-state index in [1.807, 2.05) is 20.8 Å². The summed E-state index contributed by atoms with van der Waals surface area (Å²) >= 11 is 0.